The zero-order chi connectivity index (χ0) is 12.3. The molecule has 1 heteroatoms. The number of hydrogen-bond donors (Lipinski definition) is 0. The van der Waals surface area contributed by atoms with Crippen molar-refractivity contribution < 1.29 is 0 Å². The molecule has 1 aromatic carbocycles. The van der Waals surface area contributed by atoms with E-state index in [1.54, 1.807) is 5.56 Å². The summed E-state index contributed by atoms with van der Waals surface area (Å²) in [6.45, 7) is 4.50. The van der Waals surface area contributed by atoms with E-state index in [9.17, 15) is 0 Å². The molecule has 0 saturated heterocycles. The number of benzene rings is 1. The molecule has 2 rings (SSSR count). The van der Waals surface area contributed by atoms with Gasteiger partial charge in [-0.15, -0.1) is 0 Å². The van der Waals surface area contributed by atoms with Crippen LogP contribution in [0.1, 0.15) is 62.5 Å². The highest BCUT2D eigenvalue weighted by atomic mass is 79.9. The van der Waals surface area contributed by atoms with Gasteiger partial charge in [-0.3, -0.25) is 0 Å². The van der Waals surface area contributed by atoms with Gasteiger partial charge >= 0.3 is 0 Å². The van der Waals surface area contributed by atoms with Crippen molar-refractivity contribution in [3.05, 3.63) is 33.8 Å². The topological polar surface area (TPSA) is 0 Å². The molecule has 94 valence electrons. The summed E-state index contributed by atoms with van der Waals surface area (Å²) >= 11 is 3.58. The van der Waals surface area contributed by atoms with Gasteiger partial charge in [-0.2, -0.15) is 0 Å². The van der Waals surface area contributed by atoms with Crippen molar-refractivity contribution in [3.63, 3.8) is 0 Å². The Morgan fingerprint density at radius 1 is 1.18 bits per heavy atom. The van der Waals surface area contributed by atoms with Gasteiger partial charge in [0.2, 0.25) is 0 Å². The normalized spacial score (nSPS) is 24.9. The highest BCUT2D eigenvalue weighted by molar-refractivity contribution is 9.10. The summed E-state index contributed by atoms with van der Waals surface area (Å²) in [5.41, 5.74) is 2.93. The minimum absolute atomic E-state index is 0.815. The summed E-state index contributed by atoms with van der Waals surface area (Å²) in [5.74, 6) is 1.82. The van der Waals surface area contributed by atoms with E-state index in [0.717, 1.165) is 11.8 Å². The van der Waals surface area contributed by atoms with Crippen LogP contribution >= 0.6 is 15.9 Å². The fraction of sp³-hybridized carbons (Fsp3) is 0.625. The zero-order valence-electron chi connectivity index (χ0n) is 11.0. The van der Waals surface area contributed by atoms with Crippen molar-refractivity contribution >= 4 is 15.9 Å². The fourth-order valence-corrected chi connectivity index (χ4v) is 3.36. The Morgan fingerprint density at radius 3 is 2.47 bits per heavy atom. The molecule has 1 aromatic rings. The Labute approximate surface area is 114 Å². The monoisotopic (exact) mass is 294 g/mol. The second-order valence-electron chi connectivity index (χ2n) is 5.51. The third kappa shape index (κ3) is 3.34. The van der Waals surface area contributed by atoms with Crippen LogP contribution in [0, 0.1) is 12.8 Å². The first-order valence-corrected chi connectivity index (χ1v) is 7.76. The van der Waals surface area contributed by atoms with Gasteiger partial charge < -0.3 is 0 Å². The standard InChI is InChI=1S/C16H23Br/c1-3-4-13-5-7-14(8-6-13)15-9-10-16(17)12(2)11-15/h9-11,13-14H,3-8H2,1-2H3/t13-,14-. The number of hydrogen-bond acceptors (Lipinski definition) is 0. The van der Waals surface area contributed by atoms with Crippen LogP contribution in [-0.2, 0) is 0 Å². The Hall–Kier alpha value is -0.300. The molecule has 0 amide bonds. The van der Waals surface area contributed by atoms with E-state index < -0.39 is 0 Å². The van der Waals surface area contributed by atoms with Crippen LogP contribution in [0.4, 0.5) is 0 Å². The van der Waals surface area contributed by atoms with Gasteiger partial charge in [0.15, 0.2) is 0 Å². The van der Waals surface area contributed by atoms with Gasteiger partial charge in [0, 0.05) is 4.47 Å². The minimum Gasteiger partial charge on any atom is -0.0654 e. The van der Waals surface area contributed by atoms with Gasteiger partial charge in [0.1, 0.15) is 0 Å². The van der Waals surface area contributed by atoms with Gasteiger partial charge in [-0.25, -0.2) is 0 Å². The largest absolute Gasteiger partial charge is 0.0654 e. The van der Waals surface area contributed by atoms with Crippen molar-refractivity contribution in [1.82, 2.24) is 0 Å². The van der Waals surface area contributed by atoms with Crippen molar-refractivity contribution in [3.8, 4) is 0 Å². The smallest absolute Gasteiger partial charge is 0.0204 e. The molecule has 0 bridgehead atoms. The van der Waals surface area contributed by atoms with E-state index >= 15 is 0 Å². The summed E-state index contributed by atoms with van der Waals surface area (Å²) in [6, 6.07) is 6.89. The van der Waals surface area contributed by atoms with Crippen molar-refractivity contribution in [2.24, 2.45) is 5.92 Å². The number of aryl methyl sites for hydroxylation is 1. The maximum atomic E-state index is 3.58. The van der Waals surface area contributed by atoms with Crippen LogP contribution in [0.25, 0.3) is 0 Å². The Kier molecular flexibility index (Phi) is 4.67. The summed E-state index contributed by atoms with van der Waals surface area (Å²) in [4.78, 5) is 0. The second-order valence-corrected chi connectivity index (χ2v) is 6.37. The van der Waals surface area contributed by atoms with E-state index in [1.807, 2.05) is 0 Å². The van der Waals surface area contributed by atoms with Crippen LogP contribution in [0.5, 0.6) is 0 Å². The van der Waals surface area contributed by atoms with E-state index in [0.29, 0.717) is 0 Å². The lowest BCUT2D eigenvalue weighted by molar-refractivity contribution is 0.308. The predicted molar refractivity (Wildman–Crippen MR) is 78.5 cm³/mol. The van der Waals surface area contributed by atoms with Gasteiger partial charge in [0.25, 0.3) is 0 Å². The molecule has 0 radical (unpaired) electrons. The molecule has 0 atom stereocenters. The first kappa shape index (κ1) is 13.1. The van der Waals surface area contributed by atoms with Crippen LogP contribution in [0.15, 0.2) is 22.7 Å². The Morgan fingerprint density at radius 2 is 1.88 bits per heavy atom. The molecule has 17 heavy (non-hydrogen) atoms. The molecule has 0 N–H and O–H groups in total. The molecule has 0 heterocycles. The second kappa shape index (κ2) is 6.04. The molecule has 1 saturated carbocycles. The van der Waals surface area contributed by atoms with E-state index in [2.05, 4.69) is 48.0 Å². The molecule has 0 nitrogen and oxygen atoms in total. The van der Waals surface area contributed by atoms with E-state index in [4.69, 9.17) is 0 Å². The van der Waals surface area contributed by atoms with Crippen LogP contribution in [0.3, 0.4) is 0 Å². The highest BCUT2D eigenvalue weighted by Crippen LogP contribution is 2.38. The molecular formula is C16H23Br. The minimum atomic E-state index is 0.815. The average Bonchev–Trinajstić information content (AvgIpc) is 2.34. The average molecular weight is 295 g/mol. The predicted octanol–water partition coefficient (Wildman–Crippen LogP) is 5.83. The van der Waals surface area contributed by atoms with Crippen LogP contribution < -0.4 is 0 Å². The maximum Gasteiger partial charge on any atom is 0.0204 e. The summed E-state index contributed by atoms with van der Waals surface area (Å²) < 4.78 is 1.24. The van der Waals surface area contributed by atoms with Crippen molar-refractivity contribution in [2.75, 3.05) is 0 Å². The van der Waals surface area contributed by atoms with Crippen molar-refractivity contribution in [2.45, 2.75) is 58.3 Å². The summed E-state index contributed by atoms with van der Waals surface area (Å²) in [7, 11) is 0. The molecule has 1 aliphatic carbocycles. The number of rotatable bonds is 3. The third-order valence-corrected chi connectivity index (χ3v) is 5.09. The SMILES string of the molecule is CCC[C@H]1CC[C@H](c2ccc(Br)c(C)c2)CC1. The molecule has 1 fully saturated rings. The van der Waals surface area contributed by atoms with Gasteiger partial charge in [-0.1, -0.05) is 47.8 Å². The molecule has 0 aromatic heterocycles. The molecule has 0 unspecified atom stereocenters. The van der Waals surface area contributed by atoms with Gasteiger partial charge in [-0.05, 0) is 61.6 Å². The van der Waals surface area contributed by atoms with E-state index in [-0.39, 0.29) is 0 Å². The molecule has 0 spiro atoms. The maximum absolute atomic E-state index is 3.58. The highest BCUT2D eigenvalue weighted by Gasteiger charge is 2.21. The van der Waals surface area contributed by atoms with Crippen molar-refractivity contribution in [1.29, 1.82) is 0 Å². The first-order chi connectivity index (χ1) is 8.20. The lowest BCUT2D eigenvalue weighted by Gasteiger charge is -2.28. The lowest BCUT2D eigenvalue weighted by atomic mass is 9.77. The quantitative estimate of drug-likeness (QED) is 0.658. The first-order valence-electron chi connectivity index (χ1n) is 6.96. The Bertz CT molecular complexity index is 362. The third-order valence-electron chi connectivity index (χ3n) is 4.20. The zero-order valence-corrected chi connectivity index (χ0v) is 12.6. The lowest BCUT2D eigenvalue weighted by Crippen LogP contribution is -2.13. The molecule has 0 aliphatic heterocycles. The summed E-state index contributed by atoms with van der Waals surface area (Å²) in [5, 5.41) is 0. The van der Waals surface area contributed by atoms with Crippen LogP contribution in [-0.4, -0.2) is 0 Å². The van der Waals surface area contributed by atoms with E-state index in [1.165, 1.54) is 48.6 Å². The van der Waals surface area contributed by atoms with Crippen LogP contribution in [0.2, 0.25) is 0 Å². The number of halogens is 1. The summed E-state index contributed by atoms with van der Waals surface area (Å²) in [6.07, 6.45) is 8.46. The molecular weight excluding hydrogens is 272 g/mol. The fourth-order valence-electron chi connectivity index (χ4n) is 3.11. The Balaban J connectivity index is 1.98. The molecule has 1 aliphatic rings. The van der Waals surface area contributed by atoms with Gasteiger partial charge in [0.05, 0.1) is 0 Å².